The Morgan fingerprint density at radius 1 is 1.19 bits per heavy atom. The van der Waals surface area contributed by atoms with Gasteiger partial charge in [-0.2, -0.15) is 0 Å². The molecule has 2 aromatic rings. The molecule has 0 fully saturated rings. The molecule has 2 aromatic carbocycles. The molecule has 0 saturated carbocycles. The minimum atomic E-state index is -0.123. The van der Waals surface area contributed by atoms with Crippen molar-refractivity contribution in [3.05, 3.63) is 72.3 Å². The number of hydrogen-bond donors (Lipinski definition) is 1. The second kappa shape index (κ2) is 9.63. The molecule has 5 heteroatoms. The van der Waals surface area contributed by atoms with Crippen LogP contribution < -0.4 is 14.8 Å². The SMILES string of the molecule is C=CCOc1ccc(C(=O)NCC(c2ccccc2OC)N(C)C)cc1. The molecule has 138 valence electrons. The van der Waals surface area contributed by atoms with Gasteiger partial charge in [0.15, 0.2) is 0 Å². The lowest BCUT2D eigenvalue weighted by Gasteiger charge is -2.26. The average Bonchev–Trinajstić information content (AvgIpc) is 2.66. The standard InChI is InChI=1S/C21H26N2O3/c1-5-14-26-17-12-10-16(11-13-17)21(24)22-15-19(23(2)3)18-8-6-7-9-20(18)25-4/h5-13,19H,1,14-15H2,2-4H3,(H,22,24). The topological polar surface area (TPSA) is 50.8 Å². The summed E-state index contributed by atoms with van der Waals surface area (Å²) in [6.45, 7) is 4.52. The van der Waals surface area contributed by atoms with Gasteiger partial charge in [-0.05, 0) is 44.4 Å². The van der Waals surface area contributed by atoms with Gasteiger partial charge in [0.25, 0.3) is 5.91 Å². The fourth-order valence-corrected chi connectivity index (χ4v) is 2.66. The number of carbonyl (C=O) groups is 1. The van der Waals surface area contributed by atoms with Crippen LogP contribution in [-0.2, 0) is 0 Å². The number of ether oxygens (including phenoxy) is 2. The van der Waals surface area contributed by atoms with Crippen LogP contribution in [0.4, 0.5) is 0 Å². The van der Waals surface area contributed by atoms with Gasteiger partial charge in [0.1, 0.15) is 18.1 Å². The zero-order chi connectivity index (χ0) is 18.9. The number of carbonyl (C=O) groups excluding carboxylic acids is 1. The van der Waals surface area contributed by atoms with E-state index in [4.69, 9.17) is 9.47 Å². The Morgan fingerprint density at radius 2 is 1.88 bits per heavy atom. The number of para-hydroxylation sites is 1. The van der Waals surface area contributed by atoms with E-state index in [9.17, 15) is 4.79 Å². The molecule has 0 heterocycles. The summed E-state index contributed by atoms with van der Waals surface area (Å²) in [7, 11) is 5.62. The summed E-state index contributed by atoms with van der Waals surface area (Å²) in [6, 6.07) is 14.9. The molecule has 1 atom stereocenters. The Labute approximate surface area is 155 Å². The van der Waals surface area contributed by atoms with Crippen LogP contribution in [0.15, 0.2) is 61.2 Å². The van der Waals surface area contributed by atoms with E-state index < -0.39 is 0 Å². The van der Waals surface area contributed by atoms with Gasteiger partial charge in [0.2, 0.25) is 0 Å². The normalized spacial score (nSPS) is 11.7. The maximum absolute atomic E-state index is 12.5. The molecule has 5 nitrogen and oxygen atoms in total. The van der Waals surface area contributed by atoms with Crippen LogP contribution in [0.2, 0.25) is 0 Å². The maximum Gasteiger partial charge on any atom is 0.251 e. The lowest BCUT2D eigenvalue weighted by atomic mass is 10.0. The summed E-state index contributed by atoms with van der Waals surface area (Å²) in [6.07, 6.45) is 1.68. The van der Waals surface area contributed by atoms with Gasteiger partial charge >= 0.3 is 0 Å². The van der Waals surface area contributed by atoms with Crippen LogP contribution >= 0.6 is 0 Å². The third kappa shape index (κ3) is 5.10. The molecule has 1 N–H and O–H groups in total. The summed E-state index contributed by atoms with van der Waals surface area (Å²) in [5.41, 5.74) is 1.63. The van der Waals surface area contributed by atoms with Crippen LogP contribution in [0.3, 0.4) is 0 Å². The Balaban J connectivity index is 2.04. The number of hydrogen-bond acceptors (Lipinski definition) is 4. The van der Waals surface area contributed by atoms with Crippen LogP contribution in [0.5, 0.6) is 11.5 Å². The Kier molecular flexibility index (Phi) is 7.24. The molecule has 0 aliphatic heterocycles. The van der Waals surface area contributed by atoms with E-state index in [1.165, 1.54) is 0 Å². The molecule has 2 rings (SSSR count). The number of benzene rings is 2. The highest BCUT2D eigenvalue weighted by molar-refractivity contribution is 5.94. The fourth-order valence-electron chi connectivity index (χ4n) is 2.66. The predicted molar refractivity (Wildman–Crippen MR) is 104 cm³/mol. The molecule has 0 aromatic heterocycles. The zero-order valence-corrected chi connectivity index (χ0v) is 15.6. The van der Waals surface area contributed by atoms with Crippen LogP contribution in [0, 0.1) is 0 Å². The highest BCUT2D eigenvalue weighted by Crippen LogP contribution is 2.27. The van der Waals surface area contributed by atoms with Gasteiger partial charge in [0.05, 0.1) is 13.2 Å². The van der Waals surface area contributed by atoms with Gasteiger partial charge in [-0.3, -0.25) is 4.79 Å². The molecule has 0 aliphatic carbocycles. The Morgan fingerprint density at radius 3 is 2.50 bits per heavy atom. The van der Waals surface area contributed by atoms with E-state index in [0.29, 0.717) is 24.5 Å². The highest BCUT2D eigenvalue weighted by atomic mass is 16.5. The zero-order valence-electron chi connectivity index (χ0n) is 15.6. The van der Waals surface area contributed by atoms with Crippen molar-refractivity contribution in [2.45, 2.75) is 6.04 Å². The minimum Gasteiger partial charge on any atom is -0.496 e. The third-order valence-corrected chi connectivity index (χ3v) is 4.06. The lowest BCUT2D eigenvalue weighted by molar-refractivity contribution is 0.0941. The minimum absolute atomic E-state index is 0.00491. The second-order valence-corrected chi connectivity index (χ2v) is 6.06. The Hall–Kier alpha value is -2.79. The van der Waals surface area contributed by atoms with Gasteiger partial charge in [-0.15, -0.1) is 0 Å². The van der Waals surface area contributed by atoms with Gasteiger partial charge in [-0.25, -0.2) is 0 Å². The molecule has 1 amide bonds. The first-order valence-electron chi connectivity index (χ1n) is 8.48. The quantitative estimate of drug-likeness (QED) is 0.702. The van der Waals surface area contributed by atoms with E-state index in [2.05, 4.69) is 16.8 Å². The molecule has 0 saturated heterocycles. The summed E-state index contributed by atoms with van der Waals surface area (Å²) in [5.74, 6) is 1.40. The highest BCUT2D eigenvalue weighted by Gasteiger charge is 2.19. The lowest BCUT2D eigenvalue weighted by Crippen LogP contribution is -2.34. The summed E-state index contributed by atoms with van der Waals surface area (Å²) in [4.78, 5) is 14.5. The van der Waals surface area contributed by atoms with Crippen molar-refractivity contribution in [1.29, 1.82) is 0 Å². The third-order valence-electron chi connectivity index (χ3n) is 4.06. The van der Waals surface area contributed by atoms with Crippen molar-refractivity contribution >= 4 is 5.91 Å². The van der Waals surface area contributed by atoms with Crippen LogP contribution in [0.1, 0.15) is 22.0 Å². The number of amides is 1. The maximum atomic E-state index is 12.5. The van der Waals surface area contributed by atoms with Crippen molar-refractivity contribution in [2.24, 2.45) is 0 Å². The monoisotopic (exact) mass is 354 g/mol. The smallest absolute Gasteiger partial charge is 0.251 e. The number of nitrogens with zero attached hydrogens (tertiary/aromatic N) is 1. The van der Waals surface area contributed by atoms with Gasteiger partial charge < -0.3 is 19.7 Å². The predicted octanol–water partition coefficient (Wildman–Crippen LogP) is 3.29. The first kappa shape index (κ1) is 19.5. The first-order chi connectivity index (χ1) is 12.6. The van der Waals surface area contributed by atoms with Crippen molar-refractivity contribution < 1.29 is 14.3 Å². The van der Waals surface area contributed by atoms with Gasteiger partial charge in [-0.1, -0.05) is 30.9 Å². The summed E-state index contributed by atoms with van der Waals surface area (Å²) in [5, 5.41) is 3.00. The van der Waals surface area contributed by atoms with Crippen molar-refractivity contribution in [1.82, 2.24) is 10.2 Å². The average molecular weight is 354 g/mol. The van der Waals surface area contributed by atoms with E-state index in [1.54, 1.807) is 37.5 Å². The number of methoxy groups -OCH3 is 1. The largest absolute Gasteiger partial charge is 0.496 e. The number of rotatable bonds is 9. The molecule has 0 bridgehead atoms. The van der Waals surface area contributed by atoms with E-state index in [1.807, 2.05) is 38.4 Å². The Bertz CT molecular complexity index is 726. The second-order valence-electron chi connectivity index (χ2n) is 6.06. The fraction of sp³-hybridized carbons (Fsp3) is 0.286. The number of likely N-dealkylation sites (N-methyl/N-ethyl adjacent to an activating group) is 1. The molecule has 0 radical (unpaired) electrons. The molecule has 1 unspecified atom stereocenters. The van der Waals surface area contributed by atoms with Crippen molar-refractivity contribution in [2.75, 3.05) is 34.4 Å². The van der Waals surface area contributed by atoms with Crippen molar-refractivity contribution in [3.63, 3.8) is 0 Å². The summed E-state index contributed by atoms with van der Waals surface area (Å²) < 4.78 is 10.9. The van der Waals surface area contributed by atoms with Crippen LogP contribution in [-0.4, -0.2) is 45.2 Å². The van der Waals surface area contributed by atoms with E-state index in [-0.39, 0.29) is 11.9 Å². The van der Waals surface area contributed by atoms with E-state index in [0.717, 1.165) is 11.3 Å². The number of nitrogens with one attached hydrogen (secondary N) is 1. The molecule has 0 aliphatic rings. The molecular weight excluding hydrogens is 328 g/mol. The molecular formula is C21H26N2O3. The van der Waals surface area contributed by atoms with Crippen LogP contribution in [0.25, 0.3) is 0 Å². The van der Waals surface area contributed by atoms with Crippen molar-refractivity contribution in [3.8, 4) is 11.5 Å². The molecule has 0 spiro atoms. The summed E-state index contributed by atoms with van der Waals surface area (Å²) >= 11 is 0. The molecule has 26 heavy (non-hydrogen) atoms. The first-order valence-corrected chi connectivity index (χ1v) is 8.48. The van der Waals surface area contributed by atoms with Gasteiger partial charge in [0, 0.05) is 17.7 Å². The van der Waals surface area contributed by atoms with E-state index >= 15 is 0 Å².